The van der Waals surface area contributed by atoms with Crippen LogP contribution in [0.2, 0.25) is 0 Å². The number of carbonyl (C=O) groups excluding carboxylic acids is 2. The molecule has 0 saturated heterocycles. The van der Waals surface area contributed by atoms with Gasteiger partial charge in [-0.05, 0) is 0 Å². The first-order valence-electron chi connectivity index (χ1n) is 4.63. The van der Waals surface area contributed by atoms with E-state index in [2.05, 4.69) is 0 Å². The van der Waals surface area contributed by atoms with Gasteiger partial charge in [-0.3, -0.25) is 4.79 Å². The summed E-state index contributed by atoms with van der Waals surface area (Å²) in [7, 11) is 4.32. The number of hydrogen-bond donors (Lipinski definition) is 0. The molecule has 0 bridgehead atoms. The molecule has 17 heavy (non-hydrogen) atoms. The molecule has 0 spiro atoms. The van der Waals surface area contributed by atoms with Crippen molar-refractivity contribution >= 4 is 12.3 Å². The normalized spacial score (nSPS) is 9.35. The summed E-state index contributed by atoms with van der Waals surface area (Å²) in [5, 5.41) is 0. The van der Waals surface area contributed by atoms with E-state index in [9.17, 15) is 9.59 Å². The Morgan fingerprint density at radius 3 is 1.94 bits per heavy atom. The van der Waals surface area contributed by atoms with Crippen LogP contribution in [0.4, 0.5) is 0 Å². The predicted molar refractivity (Wildman–Crippen MR) is 57.8 cm³/mol. The van der Waals surface area contributed by atoms with E-state index in [0.717, 1.165) is 0 Å². The number of aldehydes is 1. The molecule has 0 heterocycles. The molecule has 0 aliphatic carbocycles. The number of hydrogen-bond acceptors (Lipinski definition) is 6. The lowest BCUT2D eigenvalue weighted by molar-refractivity contribution is -0.141. The average Bonchev–Trinajstić information content (AvgIpc) is 2.37. The summed E-state index contributed by atoms with van der Waals surface area (Å²) in [5.41, 5.74) is 0. The van der Waals surface area contributed by atoms with Crippen molar-refractivity contribution in [2.45, 2.75) is 0 Å². The Morgan fingerprint density at radius 1 is 1.06 bits per heavy atom. The van der Waals surface area contributed by atoms with Gasteiger partial charge < -0.3 is 18.9 Å². The minimum Gasteiger partial charge on any atom is -0.493 e. The van der Waals surface area contributed by atoms with Crippen molar-refractivity contribution in [2.24, 2.45) is 0 Å². The van der Waals surface area contributed by atoms with Crippen molar-refractivity contribution in [2.75, 3.05) is 21.3 Å². The predicted octanol–water partition coefficient (Wildman–Crippen LogP) is 0.817. The van der Waals surface area contributed by atoms with Crippen LogP contribution < -0.4 is 18.9 Å². The maximum atomic E-state index is 10.8. The van der Waals surface area contributed by atoms with Gasteiger partial charge in [-0.1, -0.05) is 0 Å². The number of methoxy groups -OCH3 is 3. The van der Waals surface area contributed by atoms with Crippen molar-refractivity contribution < 1.29 is 28.5 Å². The van der Waals surface area contributed by atoms with E-state index < -0.39 is 5.97 Å². The van der Waals surface area contributed by atoms with Gasteiger partial charge in [0.1, 0.15) is 5.75 Å². The third kappa shape index (κ3) is 2.87. The molecule has 92 valence electrons. The molecule has 0 amide bonds. The van der Waals surface area contributed by atoms with Gasteiger partial charge in [-0.2, -0.15) is 0 Å². The highest BCUT2D eigenvalue weighted by Crippen LogP contribution is 2.40. The molecule has 6 nitrogen and oxygen atoms in total. The third-order valence-corrected chi connectivity index (χ3v) is 1.95. The molecule has 1 aromatic carbocycles. The van der Waals surface area contributed by atoms with Crippen LogP contribution in [0.15, 0.2) is 12.1 Å². The maximum absolute atomic E-state index is 10.8. The minimum atomic E-state index is -1.00. The van der Waals surface area contributed by atoms with E-state index in [4.69, 9.17) is 18.9 Å². The first-order valence-corrected chi connectivity index (χ1v) is 4.63. The number of ether oxygens (including phenoxy) is 4. The second-order valence-electron chi connectivity index (χ2n) is 2.90. The van der Waals surface area contributed by atoms with Crippen LogP contribution in [0, 0.1) is 0 Å². The zero-order valence-corrected chi connectivity index (χ0v) is 9.68. The highest BCUT2D eigenvalue weighted by Gasteiger charge is 2.15. The van der Waals surface area contributed by atoms with Crippen LogP contribution in [0.25, 0.3) is 0 Å². The SMILES string of the molecule is COc1cc(OC(=O)C=O)cc(OC)c1OC. The standard InChI is InChI=1S/C11H12O6/c1-14-8-4-7(17-10(13)6-12)5-9(15-2)11(8)16-3/h4-6H,1-3H3. The zero-order chi connectivity index (χ0) is 12.8. The van der Waals surface area contributed by atoms with Crippen LogP contribution in [0.3, 0.4) is 0 Å². The Bertz CT molecular complexity index is 401. The van der Waals surface area contributed by atoms with Crippen molar-refractivity contribution in [1.82, 2.24) is 0 Å². The van der Waals surface area contributed by atoms with Crippen LogP contribution in [-0.2, 0) is 9.59 Å². The number of esters is 1. The first-order chi connectivity index (χ1) is 8.15. The van der Waals surface area contributed by atoms with Gasteiger partial charge in [0.15, 0.2) is 11.5 Å². The largest absolute Gasteiger partial charge is 0.493 e. The van der Waals surface area contributed by atoms with Gasteiger partial charge in [0.05, 0.1) is 21.3 Å². The second kappa shape index (κ2) is 5.74. The lowest BCUT2D eigenvalue weighted by Gasteiger charge is -2.13. The molecule has 0 atom stereocenters. The quantitative estimate of drug-likeness (QED) is 0.328. The average molecular weight is 240 g/mol. The summed E-state index contributed by atoms with van der Waals surface area (Å²) < 4.78 is 19.9. The van der Waals surface area contributed by atoms with Crippen LogP contribution in [0.1, 0.15) is 0 Å². The fourth-order valence-corrected chi connectivity index (χ4v) is 1.26. The van der Waals surface area contributed by atoms with Crippen LogP contribution in [-0.4, -0.2) is 33.6 Å². The van der Waals surface area contributed by atoms with Gasteiger partial charge >= 0.3 is 5.97 Å². The fraction of sp³-hybridized carbons (Fsp3) is 0.273. The molecular weight excluding hydrogens is 228 g/mol. The molecule has 0 unspecified atom stereocenters. The van der Waals surface area contributed by atoms with Crippen LogP contribution in [0.5, 0.6) is 23.0 Å². The summed E-state index contributed by atoms with van der Waals surface area (Å²) in [6.45, 7) is 0. The van der Waals surface area contributed by atoms with Crippen LogP contribution >= 0.6 is 0 Å². The zero-order valence-electron chi connectivity index (χ0n) is 9.68. The molecule has 1 rings (SSSR count). The number of benzene rings is 1. The van der Waals surface area contributed by atoms with E-state index in [-0.39, 0.29) is 12.0 Å². The van der Waals surface area contributed by atoms with E-state index in [1.54, 1.807) is 0 Å². The summed E-state index contributed by atoms with van der Waals surface area (Å²) in [4.78, 5) is 21.0. The Hall–Kier alpha value is -2.24. The summed E-state index contributed by atoms with van der Waals surface area (Å²) in [5.74, 6) is 0.179. The number of carbonyl (C=O) groups is 2. The summed E-state index contributed by atoms with van der Waals surface area (Å²) >= 11 is 0. The van der Waals surface area contributed by atoms with E-state index in [1.807, 2.05) is 0 Å². The minimum absolute atomic E-state index is 0.0726. The lowest BCUT2D eigenvalue weighted by Crippen LogP contribution is -2.09. The molecular formula is C11H12O6. The number of rotatable bonds is 5. The Labute approximate surface area is 98.0 Å². The molecule has 0 fully saturated rings. The van der Waals surface area contributed by atoms with Gasteiger partial charge in [-0.25, -0.2) is 4.79 Å². The van der Waals surface area contributed by atoms with E-state index in [1.165, 1.54) is 33.5 Å². The highest BCUT2D eigenvalue weighted by atomic mass is 16.5. The fourth-order valence-electron chi connectivity index (χ4n) is 1.26. The molecule has 0 radical (unpaired) electrons. The second-order valence-corrected chi connectivity index (χ2v) is 2.90. The van der Waals surface area contributed by atoms with Gasteiger partial charge in [0.25, 0.3) is 0 Å². The first kappa shape index (κ1) is 12.8. The molecule has 6 heteroatoms. The van der Waals surface area contributed by atoms with Crippen molar-refractivity contribution in [3.05, 3.63) is 12.1 Å². The molecule has 0 N–H and O–H groups in total. The molecule has 0 aliphatic rings. The maximum Gasteiger partial charge on any atom is 0.376 e. The van der Waals surface area contributed by atoms with Crippen molar-refractivity contribution in [1.29, 1.82) is 0 Å². The lowest BCUT2D eigenvalue weighted by atomic mass is 10.2. The Morgan fingerprint density at radius 2 is 1.59 bits per heavy atom. The van der Waals surface area contributed by atoms with Gasteiger partial charge in [0.2, 0.25) is 12.0 Å². The molecule has 0 aromatic heterocycles. The Kier molecular flexibility index (Phi) is 4.33. The molecule has 0 aliphatic heterocycles. The highest BCUT2D eigenvalue weighted by molar-refractivity contribution is 6.21. The van der Waals surface area contributed by atoms with Gasteiger partial charge in [0, 0.05) is 12.1 Å². The van der Waals surface area contributed by atoms with Gasteiger partial charge in [-0.15, -0.1) is 0 Å². The van der Waals surface area contributed by atoms with E-state index >= 15 is 0 Å². The molecule has 1 aromatic rings. The van der Waals surface area contributed by atoms with Crippen molar-refractivity contribution in [3.8, 4) is 23.0 Å². The topological polar surface area (TPSA) is 71.1 Å². The monoisotopic (exact) mass is 240 g/mol. The Balaban J connectivity index is 3.17. The molecule has 0 saturated carbocycles. The summed E-state index contributed by atoms with van der Waals surface area (Å²) in [6, 6.07) is 2.84. The summed E-state index contributed by atoms with van der Waals surface area (Å²) in [6.07, 6.45) is 0.0726. The third-order valence-electron chi connectivity index (χ3n) is 1.95. The van der Waals surface area contributed by atoms with E-state index in [0.29, 0.717) is 17.2 Å². The smallest absolute Gasteiger partial charge is 0.376 e. The van der Waals surface area contributed by atoms with Crippen molar-refractivity contribution in [3.63, 3.8) is 0 Å².